The summed E-state index contributed by atoms with van der Waals surface area (Å²) in [6, 6.07) is 3.69. The van der Waals surface area contributed by atoms with E-state index in [-0.39, 0.29) is 30.1 Å². The molecule has 10 nitrogen and oxygen atoms in total. The number of aromatic amines is 2. The molecule has 4 aromatic rings. The maximum atomic E-state index is 13.1. The molecule has 1 aliphatic rings. The van der Waals surface area contributed by atoms with E-state index in [2.05, 4.69) is 35.3 Å². The second kappa shape index (κ2) is 8.01. The van der Waals surface area contributed by atoms with Crippen LogP contribution in [0, 0.1) is 6.92 Å². The molecule has 3 heterocycles. The van der Waals surface area contributed by atoms with Crippen LogP contribution in [0.2, 0.25) is 0 Å². The number of benzene rings is 1. The Morgan fingerprint density at radius 2 is 2.09 bits per heavy atom. The average molecular weight is 472 g/mol. The SMILES string of the molecule is Cc1ccc(C(F)(F)F)cc1CNc1nc(=NC2CC2)n2ncc(=Cc3[nH]c(=O)[nH]c3O)c2n1. The quantitative estimate of drug-likeness (QED) is 0.347. The number of aromatic nitrogens is 6. The van der Waals surface area contributed by atoms with Crippen molar-refractivity contribution in [3.05, 3.63) is 68.1 Å². The van der Waals surface area contributed by atoms with Crippen LogP contribution in [0.1, 0.15) is 35.2 Å². The summed E-state index contributed by atoms with van der Waals surface area (Å²) in [7, 11) is 0. The highest BCUT2D eigenvalue weighted by molar-refractivity contribution is 5.57. The van der Waals surface area contributed by atoms with Crippen molar-refractivity contribution in [1.29, 1.82) is 0 Å². The van der Waals surface area contributed by atoms with Gasteiger partial charge in [-0.2, -0.15) is 32.8 Å². The second-order valence-electron chi connectivity index (χ2n) is 8.02. The molecule has 176 valence electrons. The van der Waals surface area contributed by atoms with Crippen LogP contribution in [-0.4, -0.2) is 40.7 Å². The third kappa shape index (κ3) is 4.36. The van der Waals surface area contributed by atoms with E-state index in [0.29, 0.717) is 27.6 Å². The van der Waals surface area contributed by atoms with Crippen LogP contribution in [0.3, 0.4) is 0 Å². The average Bonchev–Trinajstić information content (AvgIpc) is 3.40. The Hall–Kier alpha value is -4.16. The predicted molar refractivity (Wildman–Crippen MR) is 115 cm³/mol. The molecule has 0 spiro atoms. The van der Waals surface area contributed by atoms with Crippen LogP contribution in [0.5, 0.6) is 5.88 Å². The number of fused-ring (bicyclic) bond motifs is 1. The van der Waals surface area contributed by atoms with E-state index in [1.807, 2.05) is 0 Å². The van der Waals surface area contributed by atoms with E-state index >= 15 is 0 Å². The van der Waals surface area contributed by atoms with Crippen molar-refractivity contribution in [2.45, 2.75) is 38.5 Å². The summed E-state index contributed by atoms with van der Waals surface area (Å²) >= 11 is 0. The van der Waals surface area contributed by atoms with Gasteiger partial charge in [-0.05, 0) is 49.1 Å². The molecule has 5 rings (SSSR count). The summed E-state index contributed by atoms with van der Waals surface area (Å²) in [6.07, 6.45) is 0.389. The Morgan fingerprint density at radius 3 is 2.76 bits per heavy atom. The van der Waals surface area contributed by atoms with Crippen LogP contribution in [0.25, 0.3) is 11.7 Å². The van der Waals surface area contributed by atoms with E-state index in [0.717, 1.165) is 25.0 Å². The maximum Gasteiger partial charge on any atom is 0.416 e. The van der Waals surface area contributed by atoms with Crippen LogP contribution in [0.4, 0.5) is 19.1 Å². The third-order valence-electron chi connectivity index (χ3n) is 5.37. The molecule has 0 aliphatic heterocycles. The lowest BCUT2D eigenvalue weighted by Crippen LogP contribution is -2.25. The monoisotopic (exact) mass is 472 g/mol. The first kappa shape index (κ1) is 21.7. The highest BCUT2D eigenvalue weighted by atomic mass is 19.4. The van der Waals surface area contributed by atoms with Gasteiger partial charge in [-0.15, -0.1) is 0 Å². The Morgan fingerprint density at radius 1 is 1.29 bits per heavy atom. The van der Waals surface area contributed by atoms with E-state index in [1.54, 1.807) is 6.92 Å². The standard InChI is InChI=1S/C21H19F3N8O2/c1-10-2-3-13(21(22,23)24)6-11(10)8-25-18-29-16-12(7-15-17(33)30-20(34)28-15)9-26-32(16)19(31-18)27-14-4-5-14/h2-3,6-7,9,14,33H,4-5,8H2,1H3,(H,25,27,31)(H2,28,30,34). The first-order valence-corrected chi connectivity index (χ1v) is 10.4. The van der Waals surface area contributed by atoms with E-state index in [9.17, 15) is 23.1 Å². The molecule has 34 heavy (non-hydrogen) atoms. The van der Waals surface area contributed by atoms with Crippen molar-refractivity contribution in [2.75, 3.05) is 5.32 Å². The molecule has 1 saturated carbocycles. The lowest BCUT2D eigenvalue weighted by molar-refractivity contribution is -0.137. The topological polar surface area (TPSA) is 136 Å². The first-order chi connectivity index (χ1) is 16.2. The summed E-state index contributed by atoms with van der Waals surface area (Å²) in [6.45, 7) is 1.79. The number of anilines is 1. The van der Waals surface area contributed by atoms with E-state index < -0.39 is 17.4 Å². The fraction of sp³-hybridized carbons (Fsp3) is 0.286. The van der Waals surface area contributed by atoms with E-state index in [1.165, 1.54) is 22.9 Å². The van der Waals surface area contributed by atoms with Crippen LogP contribution < -0.4 is 21.8 Å². The zero-order valence-electron chi connectivity index (χ0n) is 17.8. The fourth-order valence-corrected chi connectivity index (χ4v) is 3.37. The number of halogens is 3. The molecule has 13 heteroatoms. The van der Waals surface area contributed by atoms with Crippen molar-refractivity contribution in [1.82, 2.24) is 29.5 Å². The number of nitrogens with zero attached hydrogens (tertiary/aromatic N) is 5. The number of aromatic hydroxyl groups is 1. The number of alkyl halides is 3. The number of H-pyrrole nitrogens is 2. The van der Waals surface area contributed by atoms with Gasteiger partial charge in [0.2, 0.25) is 11.8 Å². The minimum absolute atomic E-state index is 0.0634. The van der Waals surface area contributed by atoms with Gasteiger partial charge in [-0.1, -0.05) is 6.07 Å². The van der Waals surface area contributed by atoms with Crippen molar-refractivity contribution < 1.29 is 18.3 Å². The largest absolute Gasteiger partial charge is 0.493 e. The molecular weight excluding hydrogens is 453 g/mol. The van der Waals surface area contributed by atoms with Gasteiger partial charge in [0.15, 0.2) is 5.65 Å². The molecule has 0 bridgehead atoms. The molecule has 3 aromatic heterocycles. The minimum atomic E-state index is -4.44. The van der Waals surface area contributed by atoms with Crippen molar-refractivity contribution in [3.8, 4) is 5.88 Å². The van der Waals surface area contributed by atoms with Crippen LogP contribution >= 0.6 is 0 Å². The van der Waals surface area contributed by atoms with Crippen LogP contribution in [-0.2, 0) is 12.7 Å². The normalized spacial score (nSPS) is 15.4. The molecule has 0 amide bonds. The van der Waals surface area contributed by atoms with E-state index in [4.69, 9.17) is 0 Å². The summed E-state index contributed by atoms with van der Waals surface area (Å²) in [5.41, 5.74) is 0.625. The lowest BCUT2D eigenvalue weighted by atomic mass is 10.0. The molecule has 0 radical (unpaired) electrons. The fourth-order valence-electron chi connectivity index (χ4n) is 3.37. The van der Waals surface area contributed by atoms with Gasteiger partial charge in [0.25, 0.3) is 5.62 Å². The second-order valence-corrected chi connectivity index (χ2v) is 8.02. The predicted octanol–water partition coefficient (Wildman–Crippen LogP) is 1.40. The molecule has 4 N–H and O–H groups in total. The van der Waals surface area contributed by atoms with Gasteiger partial charge >= 0.3 is 11.9 Å². The number of hydrogen-bond donors (Lipinski definition) is 4. The van der Waals surface area contributed by atoms with Crippen molar-refractivity contribution in [3.63, 3.8) is 0 Å². The first-order valence-electron chi connectivity index (χ1n) is 10.4. The van der Waals surface area contributed by atoms with Gasteiger partial charge in [0.05, 0.1) is 17.8 Å². The zero-order valence-corrected chi connectivity index (χ0v) is 17.8. The molecule has 1 aliphatic carbocycles. The molecule has 1 fully saturated rings. The molecule has 1 aromatic carbocycles. The van der Waals surface area contributed by atoms with Gasteiger partial charge < -0.3 is 15.4 Å². The summed E-state index contributed by atoms with van der Waals surface area (Å²) < 4.78 is 40.8. The highest BCUT2D eigenvalue weighted by Gasteiger charge is 2.30. The maximum absolute atomic E-state index is 13.1. The number of nitrogens with one attached hydrogen (secondary N) is 3. The summed E-state index contributed by atoms with van der Waals surface area (Å²) in [4.78, 5) is 29.5. The van der Waals surface area contributed by atoms with Crippen molar-refractivity contribution >= 4 is 17.7 Å². The van der Waals surface area contributed by atoms with Gasteiger partial charge in [0.1, 0.15) is 5.69 Å². The smallest absolute Gasteiger partial charge is 0.416 e. The Balaban J connectivity index is 1.56. The zero-order chi connectivity index (χ0) is 24.0. The number of aryl methyl sites for hydroxylation is 1. The van der Waals surface area contributed by atoms with Gasteiger partial charge in [-0.25, -0.2) is 9.79 Å². The summed E-state index contributed by atoms with van der Waals surface area (Å²) in [5.74, 6) is -0.176. The summed E-state index contributed by atoms with van der Waals surface area (Å²) in [5, 5.41) is 17.6. The third-order valence-corrected chi connectivity index (χ3v) is 5.37. The minimum Gasteiger partial charge on any atom is -0.493 e. The Labute approximate surface area is 188 Å². The number of hydrogen-bond acceptors (Lipinski definition) is 7. The molecule has 0 saturated heterocycles. The molecular formula is C21H19F3N8O2. The van der Waals surface area contributed by atoms with Gasteiger partial charge in [-0.3, -0.25) is 4.98 Å². The van der Waals surface area contributed by atoms with Crippen molar-refractivity contribution in [2.24, 2.45) is 4.99 Å². The Bertz CT molecular complexity index is 1560. The molecule has 0 atom stereocenters. The number of rotatable bonds is 5. The van der Waals surface area contributed by atoms with Crippen LogP contribution in [0.15, 0.2) is 34.2 Å². The number of imidazole rings is 1. The lowest BCUT2D eigenvalue weighted by Gasteiger charge is -2.12. The molecule has 0 unspecified atom stereocenters. The van der Waals surface area contributed by atoms with Gasteiger partial charge in [0, 0.05) is 11.8 Å². The highest BCUT2D eigenvalue weighted by Crippen LogP contribution is 2.30. The Kier molecular flexibility index (Phi) is 5.10.